The Balaban J connectivity index is 2.10. The summed E-state index contributed by atoms with van der Waals surface area (Å²) in [6.45, 7) is 1.44. The first-order chi connectivity index (χ1) is 9.56. The number of rotatable bonds is 3. The summed E-state index contributed by atoms with van der Waals surface area (Å²) >= 11 is 0. The molecule has 0 saturated carbocycles. The molecular weight excluding hydrogens is 254 g/mol. The van der Waals surface area contributed by atoms with Gasteiger partial charge in [-0.05, 0) is 30.3 Å². The molecule has 102 valence electrons. The molecule has 0 aromatic heterocycles. The standard InChI is InChI=1S/C15H15N3O2/c1-10(19)17-12-8-6-11(7-9-12)15(20)18-14-5-3-2-4-13(14)16/h2-9H,16H2,1H3,(H,17,19)(H,18,20)/p+1. The van der Waals surface area contributed by atoms with E-state index in [1.165, 1.54) is 6.92 Å². The van der Waals surface area contributed by atoms with Crippen LogP contribution in [-0.4, -0.2) is 11.8 Å². The Morgan fingerprint density at radius 3 is 2.20 bits per heavy atom. The van der Waals surface area contributed by atoms with E-state index in [0.717, 1.165) is 5.69 Å². The smallest absolute Gasteiger partial charge is 0.255 e. The van der Waals surface area contributed by atoms with Gasteiger partial charge in [-0.2, -0.15) is 0 Å². The van der Waals surface area contributed by atoms with Crippen molar-refractivity contribution < 1.29 is 15.3 Å². The Bertz CT molecular complexity index is 636. The molecule has 0 aliphatic rings. The lowest BCUT2D eigenvalue weighted by Gasteiger charge is -2.07. The highest BCUT2D eigenvalue weighted by atomic mass is 16.2. The third-order valence-electron chi connectivity index (χ3n) is 2.73. The lowest BCUT2D eigenvalue weighted by atomic mass is 10.2. The molecule has 0 radical (unpaired) electrons. The first-order valence-electron chi connectivity index (χ1n) is 6.16. The van der Waals surface area contributed by atoms with Gasteiger partial charge in [-0.25, -0.2) is 0 Å². The SMILES string of the molecule is CC(=O)Nc1ccc(C(=O)Nc2ccccc2[NH3+])cc1. The van der Waals surface area contributed by atoms with Crippen LogP contribution >= 0.6 is 0 Å². The first kappa shape index (κ1) is 13.8. The average Bonchev–Trinajstić information content (AvgIpc) is 2.41. The molecule has 5 heteroatoms. The average molecular weight is 270 g/mol. The van der Waals surface area contributed by atoms with Gasteiger partial charge in [0.2, 0.25) is 5.91 Å². The summed E-state index contributed by atoms with van der Waals surface area (Å²) in [4.78, 5) is 23.0. The Morgan fingerprint density at radius 2 is 1.60 bits per heavy atom. The molecule has 0 aliphatic heterocycles. The van der Waals surface area contributed by atoms with Gasteiger partial charge < -0.3 is 16.4 Å². The summed E-state index contributed by atoms with van der Waals surface area (Å²) in [5, 5.41) is 5.45. The van der Waals surface area contributed by atoms with E-state index >= 15 is 0 Å². The van der Waals surface area contributed by atoms with E-state index in [9.17, 15) is 9.59 Å². The minimum atomic E-state index is -0.213. The molecule has 2 aromatic rings. The molecule has 0 heterocycles. The molecule has 0 bridgehead atoms. The zero-order valence-electron chi connectivity index (χ0n) is 11.1. The Labute approximate surface area is 116 Å². The van der Waals surface area contributed by atoms with Gasteiger partial charge in [-0.1, -0.05) is 12.1 Å². The monoisotopic (exact) mass is 270 g/mol. The van der Waals surface area contributed by atoms with Crippen molar-refractivity contribution in [3.8, 4) is 0 Å². The maximum atomic E-state index is 12.1. The second-order valence-electron chi connectivity index (χ2n) is 4.37. The molecule has 2 rings (SSSR count). The lowest BCUT2D eigenvalue weighted by molar-refractivity contribution is -0.253. The van der Waals surface area contributed by atoms with Crippen molar-refractivity contribution in [2.24, 2.45) is 0 Å². The zero-order valence-corrected chi connectivity index (χ0v) is 11.1. The molecule has 0 fully saturated rings. The van der Waals surface area contributed by atoms with Crippen LogP contribution < -0.4 is 16.4 Å². The number of hydrogen-bond donors (Lipinski definition) is 3. The number of hydrogen-bond acceptors (Lipinski definition) is 2. The zero-order chi connectivity index (χ0) is 14.5. The van der Waals surface area contributed by atoms with Gasteiger partial charge in [0.25, 0.3) is 5.91 Å². The van der Waals surface area contributed by atoms with Crippen molar-refractivity contribution in [1.29, 1.82) is 0 Å². The molecule has 5 N–H and O–H groups in total. The number of benzene rings is 2. The third kappa shape index (κ3) is 3.43. The van der Waals surface area contributed by atoms with Gasteiger partial charge in [0, 0.05) is 24.2 Å². The van der Waals surface area contributed by atoms with Gasteiger partial charge in [-0.3, -0.25) is 9.59 Å². The Hall–Kier alpha value is -2.66. The van der Waals surface area contributed by atoms with Gasteiger partial charge in [0.1, 0.15) is 5.69 Å². The van der Waals surface area contributed by atoms with Gasteiger partial charge in [0.15, 0.2) is 5.69 Å². The van der Waals surface area contributed by atoms with Crippen molar-refractivity contribution in [2.75, 3.05) is 10.6 Å². The highest BCUT2D eigenvalue weighted by Gasteiger charge is 2.09. The summed E-state index contributed by atoms with van der Waals surface area (Å²) in [5.41, 5.74) is 6.47. The molecule has 0 spiro atoms. The van der Waals surface area contributed by atoms with Crippen molar-refractivity contribution in [1.82, 2.24) is 0 Å². The number of carbonyl (C=O) groups excluding carboxylic acids is 2. The van der Waals surface area contributed by atoms with Crippen LogP contribution in [-0.2, 0) is 4.79 Å². The number of quaternary nitrogens is 1. The molecule has 0 aliphatic carbocycles. The molecule has 20 heavy (non-hydrogen) atoms. The Kier molecular flexibility index (Phi) is 4.12. The fourth-order valence-corrected chi connectivity index (χ4v) is 1.74. The van der Waals surface area contributed by atoms with E-state index in [1.807, 2.05) is 18.2 Å². The van der Waals surface area contributed by atoms with Crippen LogP contribution in [0.4, 0.5) is 17.1 Å². The first-order valence-corrected chi connectivity index (χ1v) is 6.16. The van der Waals surface area contributed by atoms with Crippen molar-refractivity contribution in [3.05, 3.63) is 54.1 Å². The van der Waals surface area contributed by atoms with E-state index in [1.54, 1.807) is 30.3 Å². The summed E-state index contributed by atoms with van der Waals surface area (Å²) in [7, 11) is 0. The predicted octanol–water partition coefficient (Wildman–Crippen LogP) is 1.77. The number of para-hydroxylation sites is 1. The number of amides is 2. The second kappa shape index (κ2) is 5.99. The normalized spacial score (nSPS) is 9.90. The van der Waals surface area contributed by atoms with Crippen molar-refractivity contribution >= 4 is 28.9 Å². The van der Waals surface area contributed by atoms with E-state index in [4.69, 9.17) is 0 Å². The molecule has 5 nitrogen and oxygen atoms in total. The number of anilines is 2. The second-order valence-corrected chi connectivity index (χ2v) is 4.37. The maximum absolute atomic E-state index is 12.1. The van der Waals surface area contributed by atoms with Crippen LogP contribution in [0.2, 0.25) is 0 Å². The number of nitrogens with one attached hydrogen (secondary N) is 2. The van der Waals surface area contributed by atoms with Crippen molar-refractivity contribution in [2.45, 2.75) is 6.92 Å². The Morgan fingerprint density at radius 1 is 0.950 bits per heavy atom. The van der Waals surface area contributed by atoms with Crippen LogP contribution in [0.15, 0.2) is 48.5 Å². The fraction of sp³-hybridized carbons (Fsp3) is 0.0667. The highest BCUT2D eigenvalue weighted by Crippen LogP contribution is 2.17. The van der Waals surface area contributed by atoms with E-state index in [0.29, 0.717) is 16.9 Å². The van der Waals surface area contributed by atoms with E-state index in [-0.39, 0.29) is 11.8 Å². The predicted molar refractivity (Wildman–Crippen MR) is 77.7 cm³/mol. The topological polar surface area (TPSA) is 85.8 Å². The fourth-order valence-electron chi connectivity index (χ4n) is 1.74. The maximum Gasteiger partial charge on any atom is 0.255 e. The van der Waals surface area contributed by atoms with Gasteiger partial charge in [0.05, 0.1) is 0 Å². The quantitative estimate of drug-likeness (QED) is 0.794. The van der Waals surface area contributed by atoms with Crippen LogP contribution in [0.5, 0.6) is 0 Å². The van der Waals surface area contributed by atoms with Crippen LogP contribution in [0.25, 0.3) is 0 Å². The van der Waals surface area contributed by atoms with Gasteiger partial charge in [-0.15, -0.1) is 0 Å². The van der Waals surface area contributed by atoms with Crippen LogP contribution in [0.3, 0.4) is 0 Å². The van der Waals surface area contributed by atoms with Crippen molar-refractivity contribution in [3.63, 3.8) is 0 Å². The number of carbonyl (C=O) groups is 2. The summed E-state index contributed by atoms with van der Waals surface area (Å²) in [6.07, 6.45) is 0. The summed E-state index contributed by atoms with van der Waals surface area (Å²) in [6, 6.07) is 14.0. The lowest BCUT2D eigenvalue weighted by Crippen LogP contribution is -2.41. The van der Waals surface area contributed by atoms with Crippen LogP contribution in [0.1, 0.15) is 17.3 Å². The van der Waals surface area contributed by atoms with Crippen LogP contribution in [0, 0.1) is 0 Å². The summed E-state index contributed by atoms with van der Waals surface area (Å²) < 4.78 is 0. The molecule has 0 atom stereocenters. The van der Waals surface area contributed by atoms with E-state index < -0.39 is 0 Å². The van der Waals surface area contributed by atoms with Gasteiger partial charge >= 0.3 is 0 Å². The molecule has 0 saturated heterocycles. The summed E-state index contributed by atoms with van der Waals surface area (Å²) in [5.74, 6) is -0.358. The minimum absolute atomic E-state index is 0.145. The largest absolute Gasteiger partial charge is 0.326 e. The van der Waals surface area contributed by atoms with E-state index in [2.05, 4.69) is 16.4 Å². The highest BCUT2D eigenvalue weighted by molar-refractivity contribution is 6.05. The molecular formula is C15H16N3O2+. The third-order valence-corrected chi connectivity index (χ3v) is 2.73. The molecule has 0 unspecified atom stereocenters. The minimum Gasteiger partial charge on any atom is -0.326 e. The molecule has 2 amide bonds. The molecule has 2 aromatic carbocycles.